The molecule has 1 atom stereocenters. The molecule has 3 rings (SSSR count). The normalized spacial score (nSPS) is 19.3. The highest BCUT2D eigenvalue weighted by atomic mass is 32.2. The average molecular weight is 308 g/mol. The van der Waals surface area contributed by atoms with Crippen LogP contribution in [0.5, 0.6) is 0 Å². The molecule has 2 heterocycles. The minimum atomic E-state index is -3.30. The van der Waals surface area contributed by atoms with Gasteiger partial charge in [0, 0.05) is 5.38 Å². The largest absolute Gasteiger partial charge is 0.308 e. The molecule has 0 spiro atoms. The van der Waals surface area contributed by atoms with E-state index in [9.17, 15) is 8.42 Å². The quantitative estimate of drug-likeness (QED) is 0.943. The zero-order chi connectivity index (χ0) is 14.0. The van der Waals surface area contributed by atoms with E-state index in [0.717, 1.165) is 24.4 Å². The minimum Gasteiger partial charge on any atom is -0.308 e. The zero-order valence-electron chi connectivity index (χ0n) is 11.0. The van der Waals surface area contributed by atoms with Crippen LogP contribution in [-0.2, 0) is 15.6 Å². The Bertz CT molecular complexity index is 674. The number of aromatic nitrogens is 1. The Labute approximate surface area is 122 Å². The third-order valence-corrected chi connectivity index (χ3v) is 6.04. The molecule has 1 aliphatic heterocycles. The number of sulfone groups is 1. The van der Waals surface area contributed by atoms with Crippen LogP contribution in [0.1, 0.15) is 29.6 Å². The summed E-state index contributed by atoms with van der Waals surface area (Å²) in [5.74, 6) is -0.0275. The van der Waals surface area contributed by atoms with Gasteiger partial charge in [0.1, 0.15) is 5.01 Å². The third-order valence-electron chi connectivity index (χ3n) is 3.37. The van der Waals surface area contributed by atoms with Crippen LogP contribution < -0.4 is 5.32 Å². The smallest absolute Gasteiger partial charge is 0.184 e. The van der Waals surface area contributed by atoms with Crippen molar-refractivity contribution >= 4 is 21.2 Å². The highest BCUT2D eigenvalue weighted by Crippen LogP contribution is 2.27. The van der Waals surface area contributed by atoms with Crippen molar-refractivity contribution in [3.63, 3.8) is 0 Å². The summed E-state index contributed by atoms with van der Waals surface area (Å²) < 4.78 is 24.6. The van der Waals surface area contributed by atoms with Crippen molar-refractivity contribution in [2.24, 2.45) is 0 Å². The fraction of sp³-hybridized carbons (Fsp3) is 0.357. The second-order valence-electron chi connectivity index (χ2n) is 4.90. The van der Waals surface area contributed by atoms with Crippen LogP contribution in [0.25, 0.3) is 0 Å². The number of rotatable bonds is 4. The van der Waals surface area contributed by atoms with Crippen LogP contribution in [0, 0.1) is 0 Å². The molecule has 20 heavy (non-hydrogen) atoms. The van der Waals surface area contributed by atoms with Gasteiger partial charge >= 0.3 is 0 Å². The van der Waals surface area contributed by atoms with Gasteiger partial charge in [-0.05, 0) is 31.5 Å². The summed E-state index contributed by atoms with van der Waals surface area (Å²) in [4.78, 5) is 4.83. The summed E-state index contributed by atoms with van der Waals surface area (Å²) in [7, 11) is -3.30. The summed E-state index contributed by atoms with van der Waals surface area (Å²) in [5.41, 5.74) is 0.641. The minimum absolute atomic E-state index is 0.0275. The van der Waals surface area contributed by atoms with E-state index in [2.05, 4.69) is 10.3 Å². The lowest BCUT2D eigenvalue weighted by Crippen LogP contribution is -2.13. The Morgan fingerprint density at radius 3 is 2.80 bits per heavy atom. The van der Waals surface area contributed by atoms with E-state index in [0.29, 0.717) is 16.6 Å². The van der Waals surface area contributed by atoms with E-state index in [4.69, 9.17) is 0 Å². The van der Waals surface area contributed by atoms with Crippen molar-refractivity contribution in [3.05, 3.63) is 46.4 Å². The molecule has 106 valence electrons. The van der Waals surface area contributed by atoms with E-state index in [1.807, 2.05) is 11.4 Å². The molecular formula is C14H16N2O2S2. The third kappa shape index (κ3) is 2.92. The maximum absolute atomic E-state index is 12.3. The van der Waals surface area contributed by atoms with Crippen LogP contribution in [0.2, 0.25) is 0 Å². The van der Waals surface area contributed by atoms with Crippen molar-refractivity contribution < 1.29 is 8.42 Å². The van der Waals surface area contributed by atoms with Crippen molar-refractivity contribution in [2.45, 2.75) is 29.5 Å². The van der Waals surface area contributed by atoms with Crippen LogP contribution >= 0.6 is 11.3 Å². The molecule has 0 saturated carbocycles. The molecule has 0 aliphatic carbocycles. The predicted octanol–water partition coefficient (Wildman–Crippen LogP) is 2.54. The van der Waals surface area contributed by atoms with Crippen LogP contribution in [0.15, 0.2) is 40.6 Å². The van der Waals surface area contributed by atoms with Gasteiger partial charge in [0.2, 0.25) is 0 Å². The van der Waals surface area contributed by atoms with Gasteiger partial charge in [-0.1, -0.05) is 18.2 Å². The topological polar surface area (TPSA) is 59.1 Å². The predicted molar refractivity (Wildman–Crippen MR) is 79.4 cm³/mol. The van der Waals surface area contributed by atoms with Crippen molar-refractivity contribution in [1.29, 1.82) is 0 Å². The van der Waals surface area contributed by atoms with Gasteiger partial charge in [0.05, 0.1) is 22.4 Å². The number of thiazole rings is 1. The number of hydrogen-bond donors (Lipinski definition) is 1. The summed E-state index contributed by atoms with van der Waals surface area (Å²) in [6, 6.07) is 8.84. The van der Waals surface area contributed by atoms with Gasteiger partial charge in [0.25, 0.3) is 0 Å². The number of nitrogens with zero attached hydrogens (tertiary/aromatic N) is 1. The Kier molecular flexibility index (Phi) is 3.87. The van der Waals surface area contributed by atoms with E-state index in [1.54, 1.807) is 35.6 Å². The van der Waals surface area contributed by atoms with Gasteiger partial charge in [-0.15, -0.1) is 11.3 Å². The summed E-state index contributed by atoms with van der Waals surface area (Å²) in [5, 5.41) is 6.24. The second kappa shape index (κ2) is 5.63. The van der Waals surface area contributed by atoms with Crippen LogP contribution in [0.4, 0.5) is 0 Å². The Morgan fingerprint density at radius 1 is 1.30 bits per heavy atom. The lowest BCUT2D eigenvalue weighted by Gasteiger charge is -2.05. The SMILES string of the molecule is O=S(=O)(Cc1csc([C@@H]2CCCN2)n1)c1ccccc1. The molecule has 1 fully saturated rings. The van der Waals surface area contributed by atoms with Gasteiger partial charge in [-0.3, -0.25) is 0 Å². The Balaban J connectivity index is 1.78. The molecule has 1 N–H and O–H groups in total. The maximum atomic E-state index is 12.3. The fourth-order valence-corrected chi connectivity index (χ4v) is 4.66. The fourth-order valence-electron chi connectivity index (χ4n) is 2.35. The summed E-state index contributed by atoms with van der Waals surface area (Å²) >= 11 is 1.54. The van der Waals surface area contributed by atoms with Gasteiger partial charge in [-0.25, -0.2) is 13.4 Å². The molecule has 4 nitrogen and oxygen atoms in total. The first-order chi connectivity index (χ1) is 9.65. The highest BCUT2D eigenvalue weighted by molar-refractivity contribution is 7.90. The first-order valence-corrected chi connectivity index (χ1v) is 9.14. The molecule has 1 aliphatic rings. The molecule has 1 saturated heterocycles. The zero-order valence-corrected chi connectivity index (χ0v) is 12.6. The van der Waals surface area contributed by atoms with Crippen molar-refractivity contribution in [2.75, 3.05) is 6.54 Å². The molecular weight excluding hydrogens is 292 g/mol. The van der Waals surface area contributed by atoms with E-state index < -0.39 is 9.84 Å². The monoisotopic (exact) mass is 308 g/mol. The van der Waals surface area contributed by atoms with E-state index >= 15 is 0 Å². The van der Waals surface area contributed by atoms with Crippen LogP contribution in [0.3, 0.4) is 0 Å². The molecule has 0 bridgehead atoms. The molecule has 0 unspecified atom stereocenters. The number of nitrogens with one attached hydrogen (secondary N) is 1. The lowest BCUT2D eigenvalue weighted by molar-refractivity contribution is 0.594. The number of hydrogen-bond acceptors (Lipinski definition) is 5. The molecule has 1 aromatic heterocycles. The molecule has 6 heteroatoms. The van der Waals surface area contributed by atoms with Gasteiger partial charge in [-0.2, -0.15) is 0 Å². The maximum Gasteiger partial charge on any atom is 0.184 e. The van der Waals surface area contributed by atoms with Gasteiger partial charge < -0.3 is 5.32 Å². The first kappa shape index (κ1) is 13.7. The summed E-state index contributed by atoms with van der Waals surface area (Å²) in [6.07, 6.45) is 2.24. The molecule has 0 radical (unpaired) electrons. The van der Waals surface area contributed by atoms with Crippen molar-refractivity contribution in [3.8, 4) is 0 Å². The molecule has 2 aromatic rings. The average Bonchev–Trinajstić information content (AvgIpc) is 3.10. The summed E-state index contributed by atoms with van der Waals surface area (Å²) in [6.45, 7) is 1.02. The van der Waals surface area contributed by atoms with Gasteiger partial charge in [0.15, 0.2) is 9.84 Å². The van der Waals surface area contributed by atoms with E-state index in [1.165, 1.54) is 0 Å². The van der Waals surface area contributed by atoms with Crippen molar-refractivity contribution in [1.82, 2.24) is 10.3 Å². The lowest BCUT2D eigenvalue weighted by atomic mass is 10.2. The van der Waals surface area contributed by atoms with E-state index in [-0.39, 0.29) is 5.75 Å². The highest BCUT2D eigenvalue weighted by Gasteiger charge is 2.21. The second-order valence-corrected chi connectivity index (χ2v) is 7.78. The molecule has 0 amide bonds. The Hall–Kier alpha value is -1.24. The van der Waals surface area contributed by atoms with Crippen LogP contribution in [-0.4, -0.2) is 19.9 Å². The first-order valence-electron chi connectivity index (χ1n) is 6.61. The molecule has 1 aromatic carbocycles. The number of benzene rings is 1. The standard InChI is InChI=1S/C14H16N2O2S2/c17-20(18,12-5-2-1-3-6-12)10-11-9-19-14(16-11)13-7-4-8-15-13/h1-3,5-6,9,13,15H,4,7-8,10H2/t13-/m0/s1. The Morgan fingerprint density at radius 2 is 2.10 bits per heavy atom.